The summed E-state index contributed by atoms with van der Waals surface area (Å²) < 4.78 is 0. The van der Waals surface area contributed by atoms with E-state index in [2.05, 4.69) is 39.3 Å². The fourth-order valence-corrected chi connectivity index (χ4v) is 2.69. The molecule has 0 radical (unpaired) electrons. The van der Waals surface area contributed by atoms with Gasteiger partial charge in [-0.05, 0) is 52.0 Å². The van der Waals surface area contributed by atoms with Gasteiger partial charge >= 0.3 is 0 Å². The predicted molar refractivity (Wildman–Crippen MR) is 63.5 cm³/mol. The Hall–Kier alpha value is -0.300. The topological polar surface area (TPSA) is 3.24 Å². The van der Waals surface area contributed by atoms with E-state index >= 15 is 0 Å². The van der Waals surface area contributed by atoms with Crippen LogP contribution in [0, 0.1) is 5.41 Å². The van der Waals surface area contributed by atoms with E-state index in [1.807, 2.05) is 0 Å². The van der Waals surface area contributed by atoms with Crippen molar-refractivity contribution in [1.82, 2.24) is 4.90 Å². The standard InChI is InChI=1S/C13H25N/c1-11(2)7-6-8-13(4)9-12(3)14(5)10-13/h12H,1,6-10H2,2-5H3. The van der Waals surface area contributed by atoms with Crippen molar-refractivity contribution in [3.63, 3.8) is 0 Å². The van der Waals surface area contributed by atoms with E-state index in [0.717, 1.165) is 6.04 Å². The molecule has 2 unspecified atom stereocenters. The molecule has 82 valence electrons. The Morgan fingerprint density at radius 2 is 2.21 bits per heavy atom. The van der Waals surface area contributed by atoms with Crippen molar-refractivity contribution in [3.05, 3.63) is 12.2 Å². The lowest BCUT2D eigenvalue weighted by Crippen LogP contribution is -2.23. The summed E-state index contributed by atoms with van der Waals surface area (Å²) in [6.07, 6.45) is 5.23. The average molecular weight is 195 g/mol. The molecular weight excluding hydrogens is 170 g/mol. The van der Waals surface area contributed by atoms with Crippen LogP contribution in [-0.2, 0) is 0 Å². The van der Waals surface area contributed by atoms with Crippen LogP contribution < -0.4 is 0 Å². The Bertz CT molecular complexity index is 197. The fourth-order valence-electron chi connectivity index (χ4n) is 2.69. The van der Waals surface area contributed by atoms with Crippen molar-refractivity contribution < 1.29 is 0 Å². The maximum atomic E-state index is 3.96. The first-order chi connectivity index (χ1) is 6.43. The highest BCUT2D eigenvalue weighted by atomic mass is 15.2. The number of nitrogens with zero attached hydrogens (tertiary/aromatic N) is 1. The number of hydrogen-bond acceptors (Lipinski definition) is 1. The number of rotatable bonds is 4. The molecule has 0 spiro atoms. The van der Waals surface area contributed by atoms with Gasteiger partial charge in [-0.25, -0.2) is 0 Å². The van der Waals surface area contributed by atoms with Gasteiger partial charge in [0.15, 0.2) is 0 Å². The van der Waals surface area contributed by atoms with Crippen LogP contribution in [-0.4, -0.2) is 24.5 Å². The van der Waals surface area contributed by atoms with E-state index in [-0.39, 0.29) is 0 Å². The normalized spacial score (nSPS) is 33.6. The third-order valence-electron chi connectivity index (χ3n) is 3.56. The highest BCUT2D eigenvalue weighted by Gasteiger charge is 2.35. The zero-order valence-electron chi connectivity index (χ0n) is 10.3. The van der Waals surface area contributed by atoms with Gasteiger partial charge in [-0.1, -0.05) is 12.5 Å². The molecule has 1 rings (SSSR count). The van der Waals surface area contributed by atoms with Gasteiger partial charge in [0, 0.05) is 12.6 Å². The molecule has 0 saturated carbocycles. The van der Waals surface area contributed by atoms with Crippen molar-refractivity contribution in [2.45, 2.75) is 52.5 Å². The number of allylic oxidation sites excluding steroid dienone is 1. The molecule has 1 aliphatic heterocycles. The summed E-state index contributed by atoms with van der Waals surface area (Å²) in [5, 5.41) is 0. The summed E-state index contributed by atoms with van der Waals surface area (Å²) in [5.74, 6) is 0. The minimum atomic E-state index is 0.559. The molecule has 0 aromatic heterocycles. The predicted octanol–water partition coefficient (Wildman–Crippen LogP) is 3.46. The molecule has 1 fully saturated rings. The maximum absolute atomic E-state index is 3.96. The molecule has 0 aromatic carbocycles. The van der Waals surface area contributed by atoms with Crippen molar-refractivity contribution in [3.8, 4) is 0 Å². The molecule has 1 nitrogen and oxygen atoms in total. The Morgan fingerprint density at radius 1 is 1.57 bits per heavy atom. The van der Waals surface area contributed by atoms with Crippen LogP contribution >= 0.6 is 0 Å². The molecule has 1 saturated heterocycles. The lowest BCUT2D eigenvalue weighted by atomic mass is 9.82. The summed E-state index contributed by atoms with van der Waals surface area (Å²) in [6, 6.07) is 0.768. The lowest BCUT2D eigenvalue weighted by Gasteiger charge is -2.23. The Morgan fingerprint density at radius 3 is 2.64 bits per heavy atom. The van der Waals surface area contributed by atoms with Gasteiger partial charge in [-0.15, -0.1) is 6.58 Å². The quantitative estimate of drug-likeness (QED) is 0.621. The van der Waals surface area contributed by atoms with E-state index < -0.39 is 0 Å². The zero-order valence-corrected chi connectivity index (χ0v) is 10.3. The highest BCUT2D eigenvalue weighted by molar-refractivity contribution is 4.92. The van der Waals surface area contributed by atoms with Crippen LogP contribution in [0.1, 0.15) is 46.5 Å². The van der Waals surface area contributed by atoms with Crippen LogP contribution in [0.25, 0.3) is 0 Å². The molecule has 1 heteroatoms. The van der Waals surface area contributed by atoms with Gasteiger partial charge in [0.05, 0.1) is 0 Å². The van der Waals surface area contributed by atoms with E-state index in [4.69, 9.17) is 0 Å². The van der Waals surface area contributed by atoms with Crippen LogP contribution in [0.4, 0.5) is 0 Å². The summed E-state index contributed by atoms with van der Waals surface area (Å²) in [4.78, 5) is 2.49. The molecule has 0 aromatic rings. The Kier molecular flexibility index (Phi) is 3.77. The third kappa shape index (κ3) is 3.13. The zero-order chi connectivity index (χ0) is 10.8. The van der Waals surface area contributed by atoms with Gasteiger partial charge < -0.3 is 4.90 Å². The molecular formula is C13H25N. The van der Waals surface area contributed by atoms with Crippen LogP contribution in [0.5, 0.6) is 0 Å². The average Bonchev–Trinajstić information content (AvgIpc) is 2.25. The van der Waals surface area contributed by atoms with E-state index in [1.165, 1.54) is 37.8 Å². The van der Waals surface area contributed by atoms with Gasteiger partial charge in [-0.3, -0.25) is 0 Å². The Balaban J connectivity index is 2.33. The van der Waals surface area contributed by atoms with Gasteiger partial charge in [0.1, 0.15) is 0 Å². The minimum Gasteiger partial charge on any atom is -0.303 e. The molecule has 0 N–H and O–H groups in total. The first kappa shape index (κ1) is 11.8. The summed E-state index contributed by atoms with van der Waals surface area (Å²) in [7, 11) is 2.24. The highest BCUT2D eigenvalue weighted by Crippen LogP contribution is 2.37. The second-order valence-corrected chi connectivity index (χ2v) is 5.59. The van der Waals surface area contributed by atoms with Crippen molar-refractivity contribution in [2.24, 2.45) is 5.41 Å². The van der Waals surface area contributed by atoms with E-state index in [0.29, 0.717) is 5.41 Å². The van der Waals surface area contributed by atoms with Crippen molar-refractivity contribution in [2.75, 3.05) is 13.6 Å². The molecule has 0 amide bonds. The Labute approximate surface area is 89.2 Å². The first-order valence-electron chi connectivity index (χ1n) is 5.78. The second kappa shape index (κ2) is 4.48. The van der Waals surface area contributed by atoms with E-state index in [1.54, 1.807) is 0 Å². The SMILES string of the molecule is C=C(C)CCCC1(C)CC(C)N(C)C1. The van der Waals surface area contributed by atoms with Crippen LogP contribution in [0.3, 0.4) is 0 Å². The molecule has 2 atom stereocenters. The molecule has 0 bridgehead atoms. The minimum absolute atomic E-state index is 0.559. The third-order valence-corrected chi connectivity index (χ3v) is 3.56. The summed E-state index contributed by atoms with van der Waals surface area (Å²) in [6.45, 7) is 12.1. The number of hydrogen-bond donors (Lipinski definition) is 0. The second-order valence-electron chi connectivity index (χ2n) is 5.59. The smallest absolute Gasteiger partial charge is 0.00697 e. The van der Waals surface area contributed by atoms with Crippen LogP contribution in [0.15, 0.2) is 12.2 Å². The summed E-state index contributed by atoms with van der Waals surface area (Å²) in [5.41, 5.74) is 1.89. The molecule has 1 aliphatic rings. The van der Waals surface area contributed by atoms with Gasteiger partial charge in [0.2, 0.25) is 0 Å². The molecule has 1 heterocycles. The summed E-state index contributed by atoms with van der Waals surface area (Å²) >= 11 is 0. The van der Waals surface area contributed by atoms with E-state index in [9.17, 15) is 0 Å². The van der Waals surface area contributed by atoms with Gasteiger partial charge in [0.25, 0.3) is 0 Å². The molecule has 14 heavy (non-hydrogen) atoms. The van der Waals surface area contributed by atoms with Gasteiger partial charge in [-0.2, -0.15) is 0 Å². The number of likely N-dealkylation sites (tertiary alicyclic amines) is 1. The van der Waals surface area contributed by atoms with Crippen LogP contribution in [0.2, 0.25) is 0 Å². The monoisotopic (exact) mass is 195 g/mol. The maximum Gasteiger partial charge on any atom is 0.00697 e. The fraction of sp³-hybridized carbons (Fsp3) is 0.846. The largest absolute Gasteiger partial charge is 0.303 e. The van der Waals surface area contributed by atoms with Crippen molar-refractivity contribution >= 4 is 0 Å². The first-order valence-corrected chi connectivity index (χ1v) is 5.78. The molecule has 0 aliphatic carbocycles. The van der Waals surface area contributed by atoms with Crippen molar-refractivity contribution in [1.29, 1.82) is 0 Å². The lowest BCUT2D eigenvalue weighted by molar-refractivity contribution is 0.276.